The predicted octanol–water partition coefficient (Wildman–Crippen LogP) is 2.14. The fraction of sp³-hybridized carbons (Fsp3) is 0.400. The minimum Gasteiger partial charge on any atom is -0.396 e. The monoisotopic (exact) mass is 325 g/mol. The predicted molar refractivity (Wildman–Crippen MR) is 81.4 cm³/mol. The van der Waals surface area contributed by atoms with Gasteiger partial charge in [0, 0.05) is 12.3 Å². The highest BCUT2D eigenvalue weighted by Crippen LogP contribution is 2.22. The second-order valence-electron chi connectivity index (χ2n) is 5.37. The zero-order valence-electron chi connectivity index (χ0n) is 13.0. The molecule has 0 N–H and O–H groups in total. The maximum absolute atomic E-state index is 11.5. The first-order valence-corrected chi connectivity index (χ1v) is 8.67. The summed E-state index contributed by atoms with van der Waals surface area (Å²) in [4.78, 5) is 13.3. The van der Waals surface area contributed by atoms with Crippen LogP contribution in [0.15, 0.2) is 42.8 Å². The Bertz CT molecular complexity index is 801. The van der Waals surface area contributed by atoms with E-state index in [4.69, 9.17) is 8.83 Å². The molecule has 0 saturated heterocycles. The Balaban J connectivity index is 2.15. The first-order chi connectivity index (χ1) is 10.2. The van der Waals surface area contributed by atoms with Gasteiger partial charge in [0.15, 0.2) is 15.6 Å². The van der Waals surface area contributed by atoms with Gasteiger partial charge in [-0.2, -0.15) is 0 Å². The van der Waals surface area contributed by atoms with E-state index in [1.165, 1.54) is 6.26 Å². The van der Waals surface area contributed by atoms with Crippen LogP contribution in [0.3, 0.4) is 0 Å². The van der Waals surface area contributed by atoms with Gasteiger partial charge in [-0.15, -0.1) is 0 Å². The van der Waals surface area contributed by atoms with Crippen molar-refractivity contribution in [2.24, 2.45) is 0 Å². The SMILES string of the molecule is Cc1oc(=O)oc1CN(C)C(C)c1ccc(S(C)(=O)=O)cc1. The van der Waals surface area contributed by atoms with E-state index in [-0.39, 0.29) is 6.04 Å². The molecular formula is C15H19NO5S. The summed E-state index contributed by atoms with van der Waals surface area (Å²) in [6.07, 6.45) is 1.18. The van der Waals surface area contributed by atoms with Crippen molar-refractivity contribution in [2.45, 2.75) is 31.3 Å². The lowest BCUT2D eigenvalue weighted by Gasteiger charge is -2.24. The van der Waals surface area contributed by atoms with E-state index in [0.717, 1.165) is 5.56 Å². The number of nitrogens with zero attached hydrogens (tertiary/aromatic N) is 1. The van der Waals surface area contributed by atoms with E-state index in [9.17, 15) is 13.2 Å². The third kappa shape index (κ3) is 3.66. The smallest absolute Gasteiger partial charge is 0.396 e. The lowest BCUT2D eigenvalue weighted by Crippen LogP contribution is -2.22. The Hall–Kier alpha value is -1.86. The zero-order valence-corrected chi connectivity index (χ0v) is 13.8. The van der Waals surface area contributed by atoms with Gasteiger partial charge in [0.1, 0.15) is 5.76 Å². The Kier molecular flexibility index (Phi) is 4.58. The van der Waals surface area contributed by atoms with Gasteiger partial charge in [0.05, 0.1) is 11.4 Å². The number of hydrogen-bond donors (Lipinski definition) is 0. The average molecular weight is 325 g/mol. The highest BCUT2D eigenvalue weighted by Gasteiger charge is 2.17. The van der Waals surface area contributed by atoms with E-state index in [1.807, 2.05) is 18.9 Å². The third-order valence-electron chi connectivity index (χ3n) is 3.68. The van der Waals surface area contributed by atoms with Crippen molar-refractivity contribution in [1.82, 2.24) is 4.90 Å². The molecule has 0 aliphatic heterocycles. The lowest BCUT2D eigenvalue weighted by molar-refractivity contribution is 0.228. The van der Waals surface area contributed by atoms with E-state index in [2.05, 4.69) is 0 Å². The van der Waals surface area contributed by atoms with Gasteiger partial charge in [-0.05, 0) is 38.6 Å². The maximum Gasteiger partial charge on any atom is 0.519 e. The minimum absolute atomic E-state index is 0.0215. The fourth-order valence-electron chi connectivity index (χ4n) is 2.13. The van der Waals surface area contributed by atoms with Crippen molar-refractivity contribution in [3.63, 3.8) is 0 Å². The summed E-state index contributed by atoms with van der Waals surface area (Å²) >= 11 is 0. The van der Waals surface area contributed by atoms with Crippen LogP contribution in [0, 0.1) is 6.92 Å². The average Bonchev–Trinajstić information content (AvgIpc) is 2.75. The standard InChI is InChI=1S/C15H19NO5S/c1-10(12-5-7-13(8-6-12)22(4,18)19)16(3)9-14-11(2)20-15(17)21-14/h5-8,10H,9H2,1-4H3. The van der Waals surface area contributed by atoms with Crippen LogP contribution in [0.25, 0.3) is 0 Å². The maximum atomic E-state index is 11.5. The van der Waals surface area contributed by atoms with Crippen LogP contribution in [0.2, 0.25) is 0 Å². The quantitative estimate of drug-likeness (QED) is 0.838. The first kappa shape index (κ1) is 16.5. The Labute approximate surface area is 129 Å². The van der Waals surface area contributed by atoms with Crippen LogP contribution in [-0.4, -0.2) is 26.6 Å². The van der Waals surface area contributed by atoms with Crippen LogP contribution < -0.4 is 5.82 Å². The Morgan fingerprint density at radius 3 is 2.23 bits per heavy atom. The Morgan fingerprint density at radius 1 is 1.18 bits per heavy atom. The number of aryl methyl sites for hydroxylation is 1. The number of hydrogen-bond acceptors (Lipinski definition) is 6. The van der Waals surface area contributed by atoms with E-state index in [0.29, 0.717) is 23.0 Å². The van der Waals surface area contributed by atoms with Crippen molar-refractivity contribution in [1.29, 1.82) is 0 Å². The largest absolute Gasteiger partial charge is 0.519 e. The molecular weight excluding hydrogens is 306 g/mol. The first-order valence-electron chi connectivity index (χ1n) is 6.78. The molecule has 120 valence electrons. The second kappa shape index (κ2) is 6.10. The highest BCUT2D eigenvalue weighted by atomic mass is 32.2. The molecule has 1 unspecified atom stereocenters. The fourth-order valence-corrected chi connectivity index (χ4v) is 2.76. The minimum atomic E-state index is -3.19. The zero-order chi connectivity index (χ0) is 16.5. The molecule has 2 rings (SSSR count). The summed E-state index contributed by atoms with van der Waals surface area (Å²) < 4.78 is 32.8. The molecule has 0 aliphatic carbocycles. The normalized spacial score (nSPS) is 13.5. The molecule has 0 bridgehead atoms. The molecule has 7 heteroatoms. The number of rotatable bonds is 5. The van der Waals surface area contributed by atoms with E-state index >= 15 is 0 Å². The molecule has 0 spiro atoms. The summed E-state index contributed by atoms with van der Waals surface area (Å²) in [5.74, 6) is 0.259. The molecule has 0 saturated carbocycles. The molecule has 1 aromatic heterocycles. The van der Waals surface area contributed by atoms with Crippen LogP contribution in [0.1, 0.15) is 30.0 Å². The van der Waals surface area contributed by atoms with Crippen LogP contribution in [0.5, 0.6) is 0 Å². The van der Waals surface area contributed by atoms with Crippen molar-refractivity contribution in [3.8, 4) is 0 Å². The van der Waals surface area contributed by atoms with Gasteiger partial charge in [-0.3, -0.25) is 4.90 Å². The molecule has 2 aromatic rings. The van der Waals surface area contributed by atoms with Gasteiger partial charge in [0.2, 0.25) is 0 Å². The van der Waals surface area contributed by atoms with Crippen molar-refractivity contribution >= 4 is 9.84 Å². The molecule has 0 radical (unpaired) electrons. The van der Waals surface area contributed by atoms with Gasteiger partial charge in [-0.25, -0.2) is 13.2 Å². The molecule has 0 aliphatic rings. The lowest BCUT2D eigenvalue weighted by atomic mass is 10.1. The number of sulfone groups is 1. The molecule has 6 nitrogen and oxygen atoms in total. The van der Waals surface area contributed by atoms with Gasteiger partial charge in [-0.1, -0.05) is 12.1 Å². The van der Waals surface area contributed by atoms with Crippen molar-refractivity contribution in [3.05, 3.63) is 52.0 Å². The summed E-state index contributed by atoms with van der Waals surface area (Å²) in [5.41, 5.74) is 0.971. The second-order valence-corrected chi connectivity index (χ2v) is 7.38. The number of benzene rings is 1. The van der Waals surface area contributed by atoms with Gasteiger partial charge >= 0.3 is 5.82 Å². The third-order valence-corrected chi connectivity index (χ3v) is 4.81. The topological polar surface area (TPSA) is 80.7 Å². The van der Waals surface area contributed by atoms with Crippen molar-refractivity contribution < 1.29 is 17.3 Å². The summed E-state index contributed by atoms with van der Waals surface area (Å²) in [7, 11) is -1.30. The van der Waals surface area contributed by atoms with Gasteiger partial charge < -0.3 is 8.83 Å². The van der Waals surface area contributed by atoms with E-state index in [1.54, 1.807) is 31.2 Å². The van der Waals surface area contributed by atoms with Crippen molar-refractivity contribution in [2.75, 3.05) is 13.3 Å². The summed E-state index contributed by atoms with van der Waals surface area (Å²) in [6, 6.07) is 6.79. The molecule has 1 aromatic carbocycles. The molecule has 22 heavy (non-hydrogen) atoms. The van der Waals surface area contributed by atoms with Crippen LogP contribution in [-0.2, 0) is 16.4 Å². The van der Waals surface area contributed by atoms with Crippen LogP contribution >= 0.6 is 0 Å². The molecule has 1 atom stereocenters. The molecule has 1 heterocycles. The Morgan fingerprint density at radius 2 is 1.77 bits per heavy atom. The molecule has 0 amide bonds. The summed E-state index contributed by atoms with van der Waals surface area (Å²) in [5, 5.41) is 0. The van der Waals surface area contributed by atoms with Crippen LogP contribution in [0.4, 0.5) is 0 Å². The van der Waals surface area contributed by atoms with E-state index < -0.39 is 15.7 Å². The highest BCUT2D eigenvalue weighted by molar-refractivity contribution is 7.90. The van der Waals surface area contributed by atoms with Gasteiger partial charge in [0.25, 0.3) is 0 Å². The summed E-state index contributed by atoms with van der Waals surface area (Å²) in [6.45, 7) is 4.09. The molecule has 0 fully saturated rings.